The molecule has 0 spiro atoms. The van der Waals surface area contributed by atoms with Gasteiger partial charge in [0.1, 0.15) is 5.75 Å². The van der Waals surface area contributed by atoms with Gasteiger partial charge in [-0.25, -0.2) is 0 Å². The van der Waals surface area contributed by atoms with Crippen LogP contribution in [0.4, 0.5) is 5.69 Å². The van der Waals surface area contributed by atoms with E-state index in [9.17, 15) is 9.90 Å². The van der Waals surface area contributed by atoms with Crippen LogP contribution in [0.3, 0.4) is 0 Å². The van der Waals surface area contributed by atoms with E-state index in [1.165, 1.54) is 0 Å². The van der Waals surface area contributed by atoms with Crippen LogP contribution in [0.1, 0.15) is 6.92 Å². The summed E-state index contributed by atoms with van der Waals surface area (Å²) in [5.41, 5.74) is 0.746. The molecule has 0 aromatic heterocycles. The zero-order valence-corrected chi connectivity index (χ0v) is 10.5. The van der Waals surface area contributed by atoms with E-state index in [-0.39, 0.29) is 17.7 Å². The Bertz CT molecular complexity index is 405. The highest BCUT2D eigenvalue weighted by atomic mass is 32.2. The van der Waals surface area contributed by atoms with Crippen molar-refractivity contribution in [1.29, 1.82) is 0 Å². The van der Waals surface area contributed by atoms with Crippen molar-refractivity contribution in [3.05, 3.63) is 24.3 Å². The van der Waals surface area contributed by atoms with Crippen molar-refractivity contribution in [2.75, 3.05) is 23.1 Å². The fourth-order valence-electron chi connectivity index (χ4n) is 1.87. The van der Waals surface area contributed by atoms with Gasteiger partial charge in [-0.15, -0.1) is 11.8 Å². The third kappa shape index (κ3) is 2.73. The standard InChI is InChI=1S/C12H16N2O2S/c1-2-14(9-4-3-5-10(15)6-9)12(16)11-7-17-8-13-11/h3-6,11,13,15H,2,7-8H2,1H3. The Balaban J connectivity index is 2.17. The number of nitrogens with one attached hydrogen (secondary N) is 1. The minimum absolute atomic E-state index is 0.0723. The Morgan fingerprint density at radius 1 is 1.65 bits per heavy atom. The molecular formula is C12H16N2O2S. The largest absolute Gasteiger partial charge is 0.508 e. The van der Waals surface area contributed by atoms with Gasteiger partial charge in [0.15, 0.2) is 0 Å². The van der Waals surface area contributed by atoms with E-state index in [0.29, 0.717) is 6.54 Å². The molecule has 17 heavy (non-hydrogen) atoms. The maximum atomic E-state index is 12.3. The average Bonchev–Trinajstić information content (AvgIpc) is 2.83. The van der Waals surface area contributed by atoms with Crippen LogP contribution in [0.2, 0.25) is 0 Å². The summed E-state index contributed by atoms with van der Waals surface area (Å²) >= 11 is 1.73. The number of thioether (sulfide) groups is 1. The second-order valence-corrected chi connectivity index (χ2v) is 4.90. The van der Waals surface area contributed by atoms with Crippen molar-refractivity contribution in [3.8, 4) is 5.75 Å². The van der Waals surface area contributed by atoms with Crippen molar-refractivity contribution >= 4 is 23.4 Å². The highest BCUT2D eigenvalue weighted by Gasteiger charge is 2.27. The van der Waals surface area contributed by atoms with Crippen LogP contribution >= 0.6 is 11.8 Å². The van der Waals surface area contributed by atoms with Crippen LogP contribution in [-0.4, -0.2) is 35.2 Å². The summed E-state index contributed by atoms with van der Waals surface area (Å²) < 4.78 is 0. The molecule has 0 saturated carbocycles. The van der Waals surface area contributed by atoms with E-state index in [1.54, 1.807) is 34.9 Å². The minimum atomic E-state index is -0.109. The number of hydrogen-bond acceptors (Lipinski definition) is 4. The first-order valence-electron chi connectivity index (χ1n) is 5.64. The summed E-state index contributed by atoms with van der Waals surface area (Å²) in [6.07, 6.45) is 0. The van der Waals surface area contributed by atoms with Crippen LogP contribution in [0.25, 0.3) is 0 Å². The third-order valence-corrected chi connectivity index (χ3v) is 3.68. The van der Waals surface area contributed by atoms with Gasteiger partial charge in [0.05, 0.1) is 6.04 Å². The number of anilines is 1. The molecule has 1 unspecified atom stereocenters. The van der Waals surface area contributed by atoms with E-state index >= 15 is 0 Å². The number of likely N-dealkylation sites (N-methyl/N-ethyl adjacent to an activating group) is 1. The van der Waals surface area contributed by atoms with E-state index in [0.717, 1.165) is 17.3 Å². The zero-order valence-electron chi connectivity index (χ0n) is 9.72. The van der Waals surface area contributed by atoms with Gasteiger partial charge < -0.3 is 10.0 Å². The van der Waals surface area contributed by atoms with Gasteiger partial charge in [0.25, 0.3) is 0 Å². The molecular weight excluding hydrogens is 236 g/mol. The zero-order chi connectivity index (χ0) is 12.3. The van der Waals surface area contributed by atoms with Crippen LogP contribution in [-0.2, 0) is 4.79 Å². The number of nitrogens with zero attached hydrogens (tertiary/aromatic N) is 1. The number of phenolic OH excluding ortho intramolecular Hbond substituents is 1. The highest BCUT2D eigenvalue weighted by Crippen LogP contribution is 2.22. The van der Waals surface area contributed by atoms with Gasteiger partial charge in [0.2, 0.25) is 5.91 Å². The lowest BCUT2D eigenvalue weighted by atomic mass is 10.2. The van der Waals surface area contributed by atoms with Crippen molar-refractivity contribution in [2.45, 2.75) is 13.0 Å². The van der Waals surface area contributed by atoms with Gasteiger partial charge in [-0.3, -0.25) is 10.1 Å². The fourth-order valence-corrected chi connectivity index (χ4v) is 2.80. The molecule has 1 aliphatic rings. The highest BCUT2D eigenvalue weighted by molar-refractivity contribution is 7.99. The topological polar surface area (TPSA) is 52.6 Å². The maximum Gasteiger partial charge on any atom is 0.244 e. The monoisotopic (exact) mass is 252 g/mol. The molecule has 1 aliphatic heterocycles. The van der Waals surface area contributed by atoms with Crippen molar-refractivity contribution < 1.29 is 9.90 Å². The normalized spacial score (nSPS) is 19.2. The summed E-state index contributed by atoms with van der Waals surface area (Å²) in [5, 5.41) is 12.6. The Kier molecular flexibility index (Phi) is 3.91. The molecule has 1 saturated heterocycles. The molecule has 92 valence electrons. The minimum Gasteiger partial charge on any atom is -0.508 e. The summed E-state index contributed by atoms with van der Waals surface area (Å²) in [6.45, 7) is 2.54. The van der Waals surface area contributed by atoms with Crippen molar-refractivity contribution in [1.82, 2.24) is 5.32 Å². The predicted octanol–water partition coefficient (Wildman–Crippen LogP) is 1.41. The molecule has 0 aliphatic carbocycles. The number of hydrogen-bond donors (Lipinski definition) is 2. The first-order chi connectivity index (χ1) is 8.22. The number of rotatable bonds is 3. The summed E-state index contributed by atoms with van der Waals surface area (Å²) in [5.74, 6) is 1.90. The van der Waals surface area contributed by atoms with Crippen LogP contribution in [0, 0.1) is 0 Å². The van der Waals surface area contributed by atoms with Crippen LogP contribution in [0.15, 0.2) is 24.3 Å². The lowest BCUT2D eigenvalue weighted by molar-refractivity contribution is -0.119. The van der Waals surface area contributed by atoms with Crippen LogP contribution in [0.5, 0.6) is 5.75 Å². The SMILES string of the molecule is CCN(C(=O)C1CSCN1)c1cccc(O)c1. The molecule has 0 radical (unpaired) electrons. The Hall–Kier alpha value is -1.20. The number of phenols is 1. The second-order valence-electron chi connectivity index (χ2n) is 3.87. The Morgan fingerprint density at radius 3 is 3.06 bits per heavy atom. The first-order valence-corrected chi connectivity index (χ1v) is 6.79. The van der Waals surface area contributed by atoms with Gasteiger partial charge in [0, 0.05) is 29.9 Å². The lowest BCUT2D eigenvalue weighted by Crippen LogP contribution is -2.45. The van der Waals surface area contributed by atoms with Gasteiger partial charge in [-0.2, -0.15) is 0 Å². The Morgan fingerprint density at radius 2 is 2.47 bits per heavy atom. The predicted molar refractivity (Wildman–Crippen MR) is 70.4 cm³/mol. The van der Waals surface area contributed by atoms with Crippen LogP contribution < -0.4 is 10.2 Å². The first kappa shape index (κ1) is 12.3. The molecule has 5 heteroatoms. The molecule has 1 aromatic carbocycles. The molecule has 2 N–H and O–H groups in total. The molecule has 4 nitrogen and oxygen atoms in total. The summed E-state index contributed by atoms with van der Waals surface area (Å²) in [4.78, 5) is 14.0. The molecule has 1 fully saturated rings. The number of amides is 1. The molecule has 1 atom stereocenters. The van der Waals surface area contributed by atoms with Gasteiger partial charge in [-0.05, 0) is 19.1 Å². The van der Waals surface area contributed by atoms with E-state index in [2.05, 4.69) is 5.32 Å². The maximum absolute atomic E-state index is 12.3. The Labute approximate surface area is 105 Å². The molecule has 1 heterocycles. The molecule has 1 aromatic rings. The lowest BCUT2D eigenvalue weighted by Gasteiger charge is -2.24. The van der Waals surface area contributed by atoms with Gasteiger partial charge >= 0.3 is 0 Å². The second kappa shape index (κ2) is 5.42. The average molecular weight is 252 g/mol. The van der Waals surface area contributed by atoms with Crippen molar-refractivity contribution in [3.63, 3.8) is 0 Å². The van der Waals surface area contributed by atoms with Gasteiger partial charge in [-0.1, -0.05) is 6.07 Å². The summed E-state index contributed by atoms with van der Waals surface area (Å²) in [6, 6.07) is 6.69. The molecule has 2 rings (SSSR count). The third-order valence-electron chi connectivity index (χ3n) is 2.74. The van der Waals surface area contributed by atoms with E-state index < -0.39 is 0 Å². The number of aromatic hydroxyl groups is 1. The molecule has 1 amide bonds. The van der Waals surface area contributed by atoms with E-state index in [1.807, 2.05) is 13.0 Å². The smallest absolute Gasteiger partial charge is 0.244 e. The quantitative estimate of drug-likeness (QED) is 0.854. The number of benzene rings is 1. The number of carbonyl (C=O) groups excluding carboxylic acids is 1. The summed E-state index contributed by atoms with van der Waals surface area (Å²) in [7, 11) is 0. The number of carbonyl (C=O) groups is 1. The van der Waals surface area contributed by atoms with Crippen molar-refractivity contribution in [2.24, 2.45) is 0 Å². The van der Waals surface area contributed by atoms with E-state index in [4.69, 9.17) is 0 Å². The fraction of sp³-hybridized carbons (Fsp3) is 0.417. The molecule has 0 bridgehead atoms.